The zero-order chi connectivity index (χ0) is 14.1. The fourth-order valence-electron chi connectivity index (χ4n) is 2.21. The van der Waals surface area contributed by atoms with Gasteiger partial charge in [0.25, 0.3) is 0 Å². The van der Waals surface area contributed by atoms with E-state index < -0.39 is 5.91 Å². The van der Waals surface area contributed by atoms with Crippen LogP contribution in [0, 0.1) is 0 Å². The Morgan fingerprint density at radius 2 is 2.15 bits per heavy atom. The number of nitrogens with zero attached hydrogens (tertiary/aromatic N) is 2. The minimum atomic E-state index is -0.442. The quantitative estimate of drug-likeness (QED) is 0.762. The number of nitrogens with one attached hydrogen (secondary N) is 1. The van der Waals surface area contributed by atoms with E-state index in [4.69, 9.17) is 5.73 Å². The Balaban J connectivity index is 2.20. The van der Waals surface area contributed by atoms with Gasteiger partial charge in [0.2, 0.25) is 5.91 Å². The normalized spacial score (nSPS) is 10.8. The second-order valence-corrected chi connectivity index (χ2v) is 4.59. The van der Waals surface area contributed by atoms with Crippen molar-refractivity contribution in [2.24, 2.45) is 5.73 Å². The number of nitrogens with two attached hydrogens (primary N) is 1. The lowest BCUT2D eigenvalue weighted by Crippen LogP contribution is -2.10. The molecule has 0 unspecified atom stereocenters. The number of primary amides is 1. The summed E-state index contributed by atoms with van der Waals surface area (Å²) in [6, 6.07) is 9.19. The lowest BCUT2D eigenvalue weighted by Gasteiger charge is -2.01. The van der Waals surface area contributed by atoms with Crippen LogP contribution >= 0.6 is 0 Å². The molecule has 3 N–H and O–H groups in total. The maximum atomic E-state index is 11.3. The molecule has 0 aliphatic heterocycles. The van der Waals surface area contributed by atoms with E-state index in [9.17, 15) is 4.79 Å². The van der Waals surface area contributed by atoms with Crippen LogP contribution in [0.1, 0.15) is 23.0 Å². The first kappa shape index (κ1) is 12.3. The smallest absolute Gasteiger partial charge is 0.248 e. The van der Waals surface area contributed by atoms with Gasteiger partial charge in [-0.05, 0) is 36.8 Å². The van der Waals surface area contributed by atoms with Crippen LogP contribution < -0.4 is 5.73 Å². The first-order chi connectivity index (χ1) is 9.69. The van der Waals surface area contributed by atoms with Gasteiger partial charge >= 0.3 is 0 Å². The van der Waals surface area contributed by atoms with Gasteiger partial charge in [0.05, 0.1) is 5.52 Å². The zero-order valence-electron chi connectivity index (χ0n) is 11.1. The average Bonchev–Trinajstić information content (AvgIpc) is 2.90. The van der Waals surface area contributed by atoms with E-state index in [0.717, 1.165) is 34.3 Å². The van der Waals surface area contributed by atoms with Crippen LogP contribution in [0.5, 0.6) is 0 Å². The van der Waals surface area contributed by atoms with Crippen molar-refractivity contribution in [2.75, 3.05) is 0 Å². The molecule has 3 rings (SSSR count). The number of rotatable bonds is 3. The number of fused-ring (bicyclic) bond motifs is 1. The molecule has 2 aromatic heterocycles. The predicted molar refractivity (Wildman–Crippen MR) is 77.2 cm³/mol. The Hall–Kier alpha value is -2.69. The number of amides is 1. The Morgan fingerprint density at radius 1 is 1.30 bits per heavy atom. The molecule has 20 heavy (non-hydrogen) atoms. The number of hydrogen-bond donors (Lipinski definition) is 2. The summed E-state index contributed by atoms with van der Waals surface area (Å²) in [5.41, 5.74) is 9.47. The number of aromatic nitrogens is 3. The SMILES string of the molecule is CCc1cc(-c2n[nH]c3ccc(C(N)=O)cc23)ccn1. The summed E-state index contributed by atoms with van der Waals surface area (Å²) in [4.78, 5) is 15.6. The van der Waals surface area contributed by atoms with E-state index in [0.29, 0.717) is 5.56 Å². The molecular formula is C15H14N4O. The molecule has 0 radical (unpaired) electrons. The third-order valence-electron chi connectivity index (χ3n) is 3.30. The molecule has 0 saturated heterocycles. The summed E-state index contributed by atoms with van der Waals surface area (Å²) < 4.78 is 0. The highest BCUT2D eigenvalue weighted by Gasteiger charge is 2.11. The monoisotopic (exact) mass is 266 g/mol. The fraction of sp³-hybridized carbons (Fsp3) is 0.133. The van der Waals surface area contributed by atoms with Crippen molar-refractivity contribution in [1.82, 2.24) is 15.2 Å². The minimum absolute atomic E-state index is 0.442. The molecule has 0 fully saturated rings. The molecule has 100 valence electrons. The van der Waals surface area contributed by atoms with E-state index in [2.05, 4.69) is 22.1 Å². The molecule has 3 aromatic rings. The first-order valence-electron chi connectivity index (χ1n) is 6.42. The van der Waals surface area contributed by atoms with E-state index in [-0.39, 0.29) is 0 Å². The molecule has 2 heterocycles. The van der Waals surface area contributed by atoms with Crippen molar-refractivity contribution in [3.8, 4) is 11.3 Å². The van der Waals surface area contributed by atoms with E-state index in [1.165, 1.54) is 0 Å². The largest absolute Gasteiger partial charge is 0.366 e. The van der Waals surface area contributed by atoms with Crippen LogP contribution in [0.4, 0.5) is 0 Å². The lowest BCUT2D eigenvalue weighted by atomic mass is 10.1. The summed E-state index contributed by atoms with van der Waals surface area (Å²) in [5, 5.41) is 8.19. The Kier molecular flexibility index (Phi) is 2.95. The van der Waals surface area contributed by atoms with Crippen molar-refractivity contribution in [1.29, 1.82) is 0 Å². The van der Waals surface area contributed by atoms with E-state index in [1.807, 2.05) is 18.2 Å². The Labute approximate surface area is 115 Å². The second kappa shape index (κ2) is 4.77. The topological polar surface area (TPSA) is 84.7 Å². The summed E-state index contributed by atoms with van der Waals surface area (Å²) >= 11 is 0. The third kappa shape index (κ3) is 2.03. The van der Waals surface area contributed by atoms with Crippen LogP contribution in [0.2, 0.25) is 0 Å². The van der Waals surface area contributed by atoms with Crippen molar-refractivity contribution in [2.45, 2.75) is 13.3 Å². The van der Waals surface area contributed by atoms with Crippen molar-refractivity contribution in [3.05, 3.63) is 47.8 Å². The summed E-state index contributed by atoms with van der Waals surface area (Å²) in [5.74, 6) is -0.442. The molecule has 5 nitrogen and oxygen atoms in total. The van der Waals surface area contributed by atoms with Gasteiger partial charge in [-0.1, -0.05) is 6.92 Å². The fourth-order valence-corrected chi connectivity index (χ4v) is 2.21. The van der Waals surface area contributed by atoms with Crippen LogP contribution in [-0.2, 0) is 6.42 Å². The molecular weight excluding hydrogens is 252 g/mol. The average molecular weight is 266 g/mol. The summed E-state index contributed by atoms with van der Waals surface area (Å²) in [6.07, 6.45) is 2.63. The lowest BCUT2D eigenvalue weighted by molar-refractivity contribution is 0.100. The number of aryl methyl sites for hydroxylation is 1. The van der Waals surface area contributed by atoms with Crippen LogP contribution in [0.15, 0.2) is 36.5 Å². The van der Waals surface area contributed by atoms with Crippen LogP contribution in [0.3, 0.4) is 0 Å². The van der Waals surface area contributed by atoms with Gasteiger partial charge in [-0.2, -0.15) is 5.10 Å². The number of aromatic amines is 1. The second-order valence-electron chi connectivity index (χ2n) is 4.59. The summed E-state index contributed by atoms with van der Waals surface area (Å²) in [6.45, 7) is 2.06. The van der Waals surface area contributed by atoms with Gasteiger partial charge in [0.15, 0.2) is 0 Å². The highest BCUT2D eigenvalue weighted by molar-refractivity contribution is 6.00. The third-order valence-corrected chi connectivity index (χ3v) is 3.30. The number of carbonyl (C=O) groups excluding carboxylic acids is 1. The van der Waals surface area contributed by atoms with Gasteiger partial charge < -0.3 is 5.73 Å². The molecule has 0 bridgehead atoms. The van der Waals surface area contributed by atoms with Crippen LogP contribution in [-0.4, -0.2) is 21.1 Å². The van der Waals surface area contributed by atoms with E-state index >= 15 is 0 Å². The molecule has 0 atom stereocenters. The standard InChI is InChI=1S/C15H14N4O/c1-2-11-7-9(5-6-17-11)14-12-8-10(15(16)20)3-4-13(12)18-19-14/h3-8H,2H2,1H3,(H2,16,20)(H,18,19). The number of carbonyl (C=O) groups is 1. The Bertz CT molecular complexity index is 791. The molecule has 1 aromatic carbocycles. The van der Waals surface area contributed by atoms with Gasteiger partial charge in [0.1, 0.15) is 5.69 Å². The molecule has 1 amide bonds. The van der Waals surface area contributed by atoms with Crippen molar-refractivity contribution < 1.29 is 4.79 Å². The number of benzene rings is 1. The van der Waals surface area contributed by atoms with Gasteiger partial charge in [-0.25, -0.2) is 0 Å². The minimum Gasteiger partial charge on any atom is -0.366 e. The summed E-state index contributed by atoms with van der Waals surface area (Å²) in [7, 11) is 0. The maximum absolute atomic E-state index is 11.3. The highest BCUT2D eigenvalue weighted by atomic mass is 16.1. The van der Waals surface area contributed by atoms with Gasteiger partial charge in [-0.15, -0.1) is 0 Å². The molecule has 0 aliphatic rings. The molecule has 0 saturated carbocycles. The highest BCUT2D eigenvalue weighted by Crippen LogP contribution is 2.27. The zero-order valence-corrected chi connectivity index (χ0v) is 11.1. The van der Waals surface area contributed by atoms with Crippen molar-refractivity contribution >= 4 is 16.8 Å². The van der Waals surface area contributed by atoms with Crippen molar-refractivity contribution in [3.63, 3.8) is 0 Å². The first-order valence-corrected chi connectivity index (χ1v) is 6.42. The number of H-pyrrole nitrogens is 1. The molecule has 0 aliphatic carbocycles. The maximum Gasteiger partial charge on any atom is 0.248 e. The van der Waals surface area contributed by atoms with Gasteiger partial charge in [-0.3, -0.25) is 14.9 Å². The molecule has 0 spiro atoms. The molecule has 5 heteroatoms. The van der Waals surface area contributed by atoms with Crippen LogP contribution in [0.25, 0.3) is 22.2 Å². The van der Waals surface area contributed by atoms with Gasteiger partial charge in [0, 0.05) is 28.4 Å². The Morgan fingerprint density at radius 3 is 2.90 bits per heavy atom. The van der Waals surface area contributed by atoms with E-state index in [1.54, 1.807) is 18.3 Å². The predicted octanol–water partition coefficient (Wildman–Crippen LogP) is 2.29. The number of hydrogen-bond acceptors (Lipinski definition) is 3. The number of pyridine rings is 1.